The van der Waals surface area contributed by atoms with Crippen LogP contribution in [-0.4, -0.2) is 201 Å². The number of rotatable bonds is 39. The number of nitrogens with one attached hydrogen (secondary N) is 11. The molecule has 0 spiro atoms. The second-order valence-electron chi connectivity index (χ2n) is 19.7. The largest absolute Gasteiger partial charge is 0.461 e. The summed E-state index contributed by atoms with van der Waals surface area (Å²) in [5, 5.41) is 54.2. The number of aliphatic hydroxyl groups is 3. The van der Waals surface area contributed by atoms with E-state index in [9.17, 15) is 77.6 Å². The maximum atomic E-state index is 14.1. The van der Waals surface area contributed by atoms with Gasteiger partial charge in [-0.25, -0.2) is 9.78 Å². The van der Waals surface area contributed by atoms with Gasteiger partial charge in [-0.05, 0) is 38.7 Å². The maximum Gasteiger partial charge on any atom is 0.408 e. The first-order valence-corrected chi connectivity index (χ1v) is 27.6. The molecule has 2 rings (SSSR count). The van der Waals surface area contributed by atoms with Gasteiger partial charge in [0.2, 0.25) is 58.3 Å². The monoisotopic (exact) mass is 1240 g/mol. The van der Waals surface area contributed by atoms with Gasteiger partial charge in [0.25, 0.3) is 0 Å². The molecule has 478 valence electrons. The van der Waals surface area contributed by atoms with Gasteiger partial charge in [0.1, 0.15) is 74.2 Å². The standard InChI is InChI=1S/C55H78N12O19S/c1-9-19-84-41(72)18-17-35(60-46(74)30(6)59-48(76)37(23-34-25-56-28-58-34)64-55(83)86-21-11-3)47(75)57-26-40(71)65-44(31(7)69)52(80)62-36(22-33-15-13-12-14-16-33)49(77)67-45(32(8)70)53(81)63-39(27-68)51(79)61-38(24-42(73)85-20-10-2)50(78)66-43(29(4)5)54(82)87/h9-16,25,28-32,35-39,43-45,68-70H,1-3,17-24,26-27H2,4-8H3,(H,56,58)(H,57,75)(H,59,76)(H,60,74)(H,61,79)(H,62,80)(H,63,81)(H,64,83)(H,65,71)(H,66,78)(H,67,77)(H,82,87)/t30-,31+,32+,35-,36-,37-,38-,39-,43-,44-,45-/m0/s1. The van der Waals surface area contributed by atoms with Crippen LogP contribution < -0.4 is 53.2 Å². The van der Waals surface area contributed by atoms with E-state index in [1.807, 2.05) is 0 Å². The Balaban J connectivity index is 2.31. The SMILES string of the molecule is C=CCOC(=O)CC[C@H](NC(=O)[C@H](C)NC(=O)[C@H](Cc1cnc[nH]1)NC(=O)OCC=C)C(=O)NCC(=O)N[C@H](C(=O)N[C@@H](Cc1ccccc1)C(=O)N[C@H](C(=O)N[C@@H](CO)C(=O)N[C@@H](CC(=O)OCC=C)C(=O)N[C@H](C(=O)S)C(C)C)[C@@H](C)O)[C@@H](C)O. The molecule has 0 aliphatic heterocycles. The number of H-pyrrole nitrogens is 1. The first-order chi connectivity index (χ1) is 41.1. The van der Waals surface area contributed by atoms with Crippen LogP contribution in [0.1, 0.15) is 65.1 Å². The van der Waals surface area contributed by atoms with E-state index in [2.05, 4.69) is 95.5 Å². The molecule has 0 saturated carbocycles. The predicted octanol–water partition coefficient (Wildman–Crippen LogP) is -4.01. The Bertz CT molecular complexity index is 2710. The Morgan fingerprint density at radius 3 is 1.63 bits per heavy atom. The molecule has 0 aliphatic rings. The van der Waals surface area contributed by atoms with Crippen molar-refractivity contribution in [2.75, 3.05) is 33.0 Å². The van der Waals surface area contributed by atoms with E-state index in [-0.39, 0.29) is 32.7 Å². The number of nitrogens with zero attached hydrogens (tertiary/aromatic N) is 1. The number of hydrogen-bond acceptors (Lipinski definition) is 20. The molecule has 0 radical (unpaired) electrons. The molecule has 0 unspecified atom stereocenters. The first-order valence-electron chi connectivity index (χ1n) is 27.1. The average molecular weight is 1240 g/mol. The molecule has 0 fully saturated rings. The van der Waals surface area contributed by atoms with Crippen LogP contribution in [0.3, 0.4) is 0 Å². The number of hydrogen-bond donors (Lipinski definition) is 15. The third kappa shape index (κ3) is 27.3. The molecule has 14 N–H and O–H groups in total. The fraction of sp³-hybridized carbons (Fsp3) is 0.491. The second kappa shape index (κ2) is 38.8. The molecule has 1 aromatic carbocycles. The first kappa shape index (κ1) is 74.1. The van der Waals surface area contributed by atoms with Gasteiger partial charge >= 0.3 is 18.0 Å². The number of aromatic nitrogens is 2. The lowest BCUT2D eigenvalue weighted by molar-refractivity contribution is -0.146. The number of ether oxygens (including phenoxy) is 3. The fourth-order valence-corrected chi connectivity index (χ4v) is 7.92. The number of aromatic amines is 1. The van der Waals surface area contributed by atoms with Crippen molar-refractivity contribution in [1.29, 1.82) is 0 Å². The number of imidazole rings is 1. The van der Waals surface area contributed by atoms with E-state index in [1.54, 1.807) is 44.2 Å². The summed E-state index contributed by atoms with van der Waals surface area (Å²) < 4.78 is 14.9. The molecule has 32 heteroatoms. The van der Waals surface area contributed by atoms with Gasteiger partial charge in [-0.15, -0.1) is 12.6 Å². The highest BCUT2D eigenvalue weighted by Gasteiger charge is 2.37. The maximum absolute atomic E-state index is 14.1. The summed E-state index contributed by atoms with van der Waals surface area (Å²) in [5.41, 5.74) is 0.857. The number of thiol groups is 1. The molecule has 31 nitrogen and oxygen atoms in total. The number of alkyl carbamates (subject to hydrolysis) is 1. The van der Waals surface area contributed by atoms with Gasteiger partial charge < -0.3 is 87.7 Å². The Kier molecular flexibility index (Phi) is 33.1. The van der Waals surface area contributed by atoms with Gasteiger partial charge in [0.05, 0.1) is 38.1 Å². The molecular weight excluding hydrogens is 1160 g/mol. The molecule has 0 saturated heterocycles. The molecular formula is C55H78N12O19S. The van der Waals surface area contributed by atoms with Crippen molar-refractivity contribution < 1.29 is 91.9 Å². The van der Waals surface area contributed by atoms with Crippen molar-refractivity contribution >= 4 is 88.9 Å². The van der Waals surface area contributed by atoms with Crippen LogP contribution in [0.5, 0.6) is 0 Å². The summed E-state index contributed by atoms with van der Waals surface area (Å²) in [6, 6.07) is -6.57. The van der Waals surface area contributed by atoms with E-state index < -0.39 is 181 Å². The highest BCUT2D eigenvalue weighted by Crippen LogP contribution is 2.10. The lowest BCUT2D eigenvalue weighted by atomic mass is 10.0. The molecule has 1 aromatic heterocycles. The van der Waals surface area contributed by atoms with Crippen molar-refractivity contribution in [2.24, 2.45) is 5.92 Å². The van der Waals surface area contributed by atoms with E-state index in [0.717, 1.165) is 13.8 Å². The van der Waals surface area contributed by atoms with Crippen LogP contribution in [-0.2, 0) is 84.6 Å². The zero-order valence-electron chi connectivity index (χ0n) is 48.7. The lowest BCUT2D eigenvalue weighted by Gasteiger charge is -2.28. The van der Waals surface area contributed by atoms with E-state index >= 15 is 0 Å². The number of carbonyl (C=O) groups excluding carboxylic acids is 13. The second-order valence-corrected chi connectivity index (χ2v) is 20.1. The minimum atomic E-state index is -1.94. The van der Waals surface area contributed by atoms with Gasteiger partial charge in [-0.2, -0.15) is 0 Å². The molecule has 2 aromatic rings. The smallest absolute Gasteiger partial charge is 0.408 e. The van der Waals surface area contributed by atoms with Gasteiger partial charge in [0, 0.05) is 31.2 Å². The van der Waals surface area contributed by atoms with Crippen LogP contribution in [0.15, 0.2) is 80.8 Å². The summed E-state index contributed by atoms with van der Waals surface area (Å²) in [7, 11) is 0. The van der Waals surface area contributed by atoms with Crippen LogP contribution in [0.4, 0.5) is 4.79 Å². The van der Waals surface area contributed by atoms with Gasteiger partial charge in [-0.1, -0.05) is 82.1 Å². The normalized spacial score (nSPS) is 14.6. The summed E-state index contributed by atoms with van der Waals surface area (Å²) in [4.78, 5) is 179. The fourth-order valence-electron chi connectivity index (χ4n) is 7.56. The number of benzene rings is 1. The molecule has 87 heavy (non-hydrogen) atoms. The van der Waals surface area contributed by atoms with Crippen LogP contribution >= 0.6 is 12.6 Å². The topological polar surface area (TPSA) is 459 Å². The van der Waals surface area contributed by atoms with Crippen LogP contribution in [0.25, 0.3) is 0 Å². The summed E-state index contributed by atoms with van der Waals surface area (Å²) in [5.74, 6) is -12.1. The Morgan fingerprint density at radius 2 is 1.08 bits per heavy atom. The predicted molar refractivity (Wildman–Crippen MR) is 310 cm³/mol. The number of esters is 2. The average Bonchev–Trinajstić information content (AvgIpc) is 3.28. The van der Waals surface area contributed by atoms with Gasteiger partial charge in [0.15, 0.2) is 0 Å². The third-order valence-corrected chi connectivity index (χ3v) is 12.5. The van der Waals surface area contributed by atoms with Crippen molar-refractivity contribution in [3.05, 3.63) is 92.1 Å². The van der Waals surface area contributed by atoms with E-state index in [4.69, 9.17) is 14.2 Å². The third-order valence-electron chi connectivity index (χ3n) is 12.2. The zero-order valence-corrected chi connectivity index (χ0v) is 49.6. The Labute approximate surface area is 506 Å². The molecule has 10 amide bonds. The Morgan fingerprint density at radius 1 is 0.575 bits per heavy atom. The lowest BCUT2D eigenvalue weighted by Crippen LogP contribution is -2.63. The minimum absolute atomic E-state index is 0.120. The van der Waals surface area contributed by atoms with Gasteiger partial charge in [-0.3, -0.25) is 57.5 Å². The van der Waals surface area contributed by atoms with Crippen molar-refractivity contribution in [1.82, 2.24) is 63.1 Å². The molecule has 1 heterocycles. The summed E-state index contributed by atoms with van der Waals surface area (Å²) in [6.07, 6.45) is 0.0333. The summed E-state index contributed by atoms with van der Waals surface area (Å²) in [6.45, 7) is 14.3. The quantitative estimate of drug-likeness (QED) is 0.0131. The molecule has 0 aliphatic carbocycles. The highest BCUT2D eigenvalue weighted by molar-refractivity contribution is 7.96. The molecule has 11 atom stereocenters. The van der Waals surface area contributed by atoms with Crippen molar-refractivity contribution in [3.63, 3.8) is 0 Å². The molecule has 0 bridgehead atoms. The van der Waals surface area contributed by atoms with Crippen molar-refractivity contribution in [2.45, 2.75) is 133 Å². The minimum Gasteiger partial charge on any atom is -0.461 e. The Hall–Kier alpha value is -9.01. The van der Waals surface area contributed by atoms with Crippen LogP contribution in [0, 0.1) is 5.92 Å². The van der Waals surface area contributed by atoms with E-state index in [0.29, 0.717) is 11.3 Å². The zero-order chi connectivity index (χ0) is 65.3. The summed E-state index contributed by atoms with van der Waals surface area (Å²) >= 11 is 3.79. The number of amides is 10. The highest BCUT2D eigenvalue weighted by atomic mass is 32.1. The van der Waals surface area contributed by atoms with Crippen LogP contribution in [0.2, 0.25) is 0 Å². The van der Waals surface area contributed by atoms with E-state index in [1.165, 1.54) is 37.7 Å². The number of aliphatic hydroxyl groups excluding tert-OH is 3. The van der Waals surface area contributed by atoms with Crippen molar-refractivity contribution in [3.8, 4) is 0 Å². The number of carbonyl (C=O) groups is 13.